The van der Waals surface area contributed by atoms with Gasteiger partial charge >= 0.3 is 0 Å². The Morgan fingerprint density at radius 2 is 2.08 bits per heavy atom. The average Bonchev–Trinajstić information content (AvgIpc) is 3.13. The average molecular weight is 358 g/mol. The van der Waals surface area contributed by atoms with Gasteiger partial charge in [0.05, 0.1) is 10.5 Å². The molecule has 1 N–H and O–H groups in total. The summed E-state index contributed by atoms with van der Waals surface area (Å²) in [6.45, 7) is 5.89. The van der Waals surface area contributed by atoms with Crippen LogP contribution in [0.25, 0.3) is 0 Å². The molecule has 0 spiro atoms. The minimum absolute atomic E-state index is 0.0362. The highest BCUT2D eigenvalue weighted by atomic mass is 32.1. The molecule has 1 aromatic carbocycles. The molecule has 2 atom stereocenters. The van der Waals surface area contributed by atoms with Gasteiger partial charge in [0.1, 0.15) is 0 Å². The van der Waals surface area contributed by atoms with Gasteiger partial charge in [-0.15, -0.1) is 11.3 Å². The molecular weight excluding hydrogens is 330 g/mol. The first-order chi connectivity index (χ1) is 12.1. The van der Waals surface area contributed by atoms with Crippen LogP contribution in [0.4, 0.5) is 0 Å². The lowest BCUT2D eigenvalue weighted by Gasteiger charge is -2.39. The third kappa shape index (κ3) is 4.93. The van der Waals surface area contributed by atoms with Gasteiger partial charge in [0.25, 0.3) is 5.91 Å². The van der Waals surface area contributed by atoms with Crippen molar-refractivity contribution in [3.63, 3.8) is 0 Å². The number of carbonyl (C=O) groups excluding carboxylic acids is 1. The predicted molar refractivity (Wildman–Crippen MR) is 103 cm³/mol. The maximum Gasteiger partial charge on any atom is 0.261 e. The molecule has 1 aromatic heterocycles. The third-order valence-electron chi connectivity index (χ3n) is 5.02. The van der Waals surface area contributed by atoms with Crippen LogP contribution in [-0.2, 0) is 4.74 Å². The number of hydrogen-bond donors (Lipinski definition) is 1. The molecule has 0 radical (unpaired) electrons. The van der Waals surface area contributed by atoms with Crippen molar-refractivity contribution < 1.29 is 9.53 Å². The molecule has 4 heteroatoms. The van der Waals surface area contributed by atoms with E-state index in [-0.39, 0.29) is 11.5 Å². The van der Waals surface area contributed by atoms with Gasteiger partial charge in [-0.25, -0.2) is 0 Å². The van der Waals surface area contributed by atoms with Crippen LogP contribution in [0.1, 0.15) is 54.3 Å². The summed E-state index contributed by atoms with van der Waals surface area (Å²) >= 11 is 1.49. The van der Waals surface area contributed by atoms with Crippen molar-refractivity contribution in [3.05, 3.63) is 58.3 Å². The Kier molecular flexibility index (Phi) is 5.92. The number of thiophene rings is 1. The summed E-state index contributed by atoms with van der Waals surface area (Å²) in [7, 11) is 0. The monoisotopic (exact) mass is 357 g/mol. The van der Waals surface area contributed by atoms with E-state index in [1.165, 1.54) is 16.9 Å². The summed E-state index contributed by atoms with van der Waals surface area (Å²) in [5, 5.41) is 5.02. The van der Waals surface area contributed by atoms with E-state index in [4.69, 9.17) is 4.74 Å². The van der Waals surface area contributed by atoms with Crippen LogP contribution in [0, 0.1) is 5.92 Å². The van der Waals surface area contributed by atoms with E-state index in [0.717, 1.165) is 30.7 Å². The van der Waals surface area contributed by atoms with Gasteiger partial charge < -0.3 is 10.1 Å². The number of ether oxygens (including phenoxy) is 1. The molecule has 0 aliphatic carbocycles. The summed E-state index contributed by atoms with van der Waals surface area (Å²) in [5.74, 6) is 1.08. The molecule has 2 aromatic rings. The van der Waals surface area contributed by atoms with Crippen molar-refractivity contribution >= 4 is 17.2 Å². The van der Waals surface area contributed by atoms with Gasteiger partial charge in [0.2, 0.25) is 0 Å². The molecular formula is C21H27NO2S. The Balaban J connectivity index is 1.66. The second-order valence-corrected chi connectivity index (χ2v) is 8.35. The maximum atomic E-state index is 12.2. The molecule has 3 rings (SSSR count). The van der Waals surface area contributed by atoms with Crippen molar-refractivity contribution in [1.82, 2.24) is 5.32 Å². The second kappa shape index (κ2) is 8.15. The van der Waals surface area contributed by atoms with Crippen molar-refractivity contribution in [2.24, 2.45) is 5.92 Å². The van der Waals surface area contributed by atoms with Crippen LogP contribution >= 0.6 is 11.3 Å². The van der Waals surface area contributed by atoms with Crippen LogP contribution in [0.5, 0.6) is 0 Å². The van der Waals surface area contributed by atoms with Crippen LogP contribution in [-0.4, -0.2) is 24.7 Å². The fraction of sp³-hybridized carbons (Fsp3) is 0.476. The lowest BCUT2D eigenvalue weighted by atomic mass is 9.75. The second-order valence-electron chi connectivity index (χ2n) is 7.40. The summed E-state index contributed by atoms with van der Waals surface area (Å²) in [6, 6.07) is 14.5. The zero-order chi connectivity index (χ0) is 17.7. The van der Waals surface area contributed by atoms with E-state index < -0.39 is 0 Å². The van der Waals surface area contributed by atoms with Crippen molar-refractivity contribution in [2.75, 3.05) is 13.2 Å². The molecule has 134 valence electrons. The molecule has 1 aliphatic rings. The molecule has 2 heterocycles. The van der Waals surface area contributed by atoms with Gasteiger partial charge in [0.15, 0.2) is 0 Å². The van der Waals surface area contributed by atoms with Crippen LogP contribution in [0.3, 0.4) is 0 Å². The Bertz CT molecular complexity index is 666. The first-order valence-corrected chi connectivity index (χ1v) is 9.94. The highest BCUT2D eigenvalue weighted by molar-refractivity contribution is 7.12. The maximum absolute atomic E-state index is 12.2. The van der Waals surface area contributed by atoms with Crippen molar-refractivity contribution in [3.8, 4) is 0 Å². The molecule has 0 bridgehead atoms. The van der Waals surface area contributed by atoms with Crippen molar-refractivity contribution in [2.45, 2.75) is 44.6 Å². The lowest BCUT2D eigenvalue weighted by molar-refractivity contribution is -0.0771. The normalized spacial score (nSPS) is 20.8. The number of rotatable bonds is 6. The van der Waals surface area contributed by atoms with Gasteiger partial charge in [-0.05, 0) is 62.0 Å². The SMILES string of the molecule is CC1(C)C[C@@H]([C@H](CCNC(=O)c2cccs2)c2ccccc2)CCO1. The molecule has 0 saturated carbocycles. The smallest absolute Gasteiger partial charge is 0.261 e. The third-order valence-corrected chi connectivity index (χ3v) is 5.89. The summed E-state index contributed by atoms with van der Waals surface area (Å²) in [5.41, 5.74) is 1.31. The Morgan fingerprint density at radius 1 is 1.28 bits per heavy atom. The standard InChI is InChI=1S/C21H27NO2S/c1-21(2)15-17(11-13-24-21)18(16-7-4-3-5-8-16)10-12-22-20(23)19-9-6-14-25-19/h3-9,14,17-18H,10-13,15H2,1-2H3,(H,22,23)/t17-,18+/m0/s1. The first-order valence-electron chi connectivity index (χ1n) is 9.06. The number of nitrogens with one attached hydrogen (secondary N) is 1. The van der Waals surface area contributed by atoms with E-state index in [1.807, 2.05) is 17.5 Å². The van der Waals surface area contributed by atoms with Crippen LogP contribution in [0.15, 0.2) is 47.8 Å². The quantitative estimate of drug-likeness (QED) is 0.802. The Hall–Kier alpha value is -1.65. The van der Waals surface area contributed by atoms with Crippen LogP contribution in [0.2, 0.25) is 0 Å². The minimum Gasteiger partial charge on any atom is -0.376 e. The van der Waals surface area contributed by atoms with E-state index in [2.05, 4.69) is 49.5 Å². The van der Waals surface area contributed by atoms with Gasteiger partial charge in [-0.2, -0.15) is 0 Å². The number of amides is 1. The molecule has 25 heavy (non-hydrogen) atoms. The molecule has 0 unspecified atom stereocenters. The lowest BCUT2D eigenvalue weighted by Crippen LogP contribution is -2.37. The zero-order valence-electron chi connectivity index (χ0n) is 15.0. The summed E-state index contributed by atoms with van der Waals surface area (Å²) in [6.07, 6.45) is 3.11. The summed E-state index contributed by atoms with van der Waals surface area (Å²) in [4.78, 5) is 13.0. The number of carbonyl (C=O) groups is 1. The van der Waals surface area contributed by atoms with Gasteiger partial charge in [-0.3, -0.25) is 4.79 Å². The minimum atomic E-state index is -0.0594. The van der Waals surface area contributed by atoms with E-state index in [1.54, 1.807) is 0 Å². The molecule has 1 aliphatic heterocycles. The topological polar surface area (TPSA) is 38.3 Å². The highest BCUT2D eigenvalue weighted by Crippen LogP contribution is 2.39. The highest BCUT2D eigenvalue weighted by Gasteiger charge is 2.33. The van der Waals surface area contributed by atoms with Gasteiger partial charge in [-0.1, -0.05) is 36.4 Å². The first kappa shape index (κ1) is 18.2. The molecule has 3 nitrogen and oxygen atoms in total. The summed E-state index contributed by atoms with van der Waals surface area (Å²) < 4.78 is 5.90. The Labute approximate surface area is 154 Å². The predicted octanol–water partition coefficient (Wildman–Crippen LogP) is 4.86. The number of hydrogen-bond acceptors (Lipinski definition) is 3. The van der Waals surface area contributed by atoms with Crippen molar-refractivity contribution in [1.29, 1.82) is 0 Å². The number of benzene rings is 1. The molecule has 1 fully saturated rings. The molecule has 1 amide bonds. The van der Waals surface area contributed by atoms with E-state index >= 15 is 0 Å². The Morgan fingerprint density at radius 3 is 2.76 bits per heavy atom. The van der Waals surface area contributed by atoms with E-state index in [0.29, 0.717) is 18.4 Å². The zero-order valence-corrected chi connectivity index (χ0v) is 15.9. The molecule has 1 saturated heterocycles. The largest absolute Gasteiger partial charge is 0.376 e. The van der Waals surface area contributed by atoms with E-state index in [9.17, 15) is 4.79 Å². The van der Waals surface area contributed by atoms with Crippen LogP contribution < -0.4 is 5.32 Å². The fourth-order valence-corrected chi connectivity index (χ4v) is 4.47. The fourth-order valence-electron chi connectivity index (χ4n) is 3.83. The van der Waals surface area contributed by atoms with Gasteiger partial charge in [0, 0.05) is 13.2 Å².